The highest BCUT2D eigenvalue weighted by Crippen LogP contribution is 2.21. The lowest BCUT2D eigenvalue weighted by Gasteiger charge is -2.16. The molecular formula is C14H24N4O2. The van der Waals surface area contributed by atoms with Gasteiger partial charge in [0.1, 0.15) is 0 Å². The van der Waals surface area contributed by atoms with E-state index in [1.165, 1.54) is 0 Å². The minimum Gasteiger partial charge on any atom is -0.347 e. The molecule has 0 aliphatic carbocycles. The maximum atomic E-state index is 12.0. The van der Waals surface area contributed by atoms with Gasteiger partial charge in [-0.15, -0.1) is 0 Å². The molecule has 0 saturated carbocycles. The van der Waals surface area contributed by atoms with Crippen LogP contribution in [0.1, 0.15) is 69.0 Å². The first-order chi connectivity index (χ1) is 9.60. The summed E-state index contributed by atoms with van der Waals surface area (Å²) in [5.74, 6) is 0.981. The highest BCUT2D eigenvalue weighted by molar-refractivity contribution is 5.90. The van der Waals surface area contributed by atoms with Crippen molar-refractivity contribution in [2.24, 2.45) is 5.92 Å². The Balaban J connectivity index is 1.89. The number of nitrogens with one attached hydrogen (secondary N) is 2. The van der Waals surface area contributed by atoms with Gasteiger partial charge in [-0.25, -0.2) is 0 Å². The zero-order valence-corrected chi connectivity index (χ0v) is 12.5. The third-order valence-corrected chi connectivity index (χ3v) is 3.83. The molecule has 6 nitrogen and oxygen atoms in total. The second-order valence-electron chi connectivity index (χ2n) is 5.73. The Morgan fingerprint density at radius 2 is 2.35 bits per heavy atom. The predicted molar refractivity (Wildman–Crippen MR) is 75.3 cm³/mol. The van der Waals surface area contributed by atoms with E-state index in [0.717, 1.165) is 32.2 Å². The molecule has 0 radical (unpaired) electrons. The van der Waals surface area contributed by atoms with Crippen molar-refractivity contribution < 1.29 is 9.32 Å². The normalized spacial score (nSPS) is 21.6. The number of hydrogen-bond donors (Lipinski definition) is 2. The molecule has 2 rings (SSSR count). The molecule has 2 N–H and O–H groups in total. The molecule has 1 aromatic rings. The lowest BCUT2D eigenvalue weighted by Crippen LogP contribution is -2.34. The van der Waals surface area contributed by atoms with Gasteiger partial charge in [0, 0.05) is 6.04 Å². The first kappa shape index (κ1) is 15.0. The van der Waals surface area contributed by atoms with Crippen LogP contribution in [0.25, 0.3) is 0 Å². The number of rotatable bonds is 6. The Morgan fingerprint density at radius 1 is 1.55 bits per heavy atom. The molecule has 0 bridgehead atoms. The van der Waals surface area contributed by atoms with Gasteiger partial charge in [0.25, 0.3) is 11.7 Å². The molecule has 20 heavy (non-hydrogen) atoms. The quantitative estimate of drug-likeness (QED) is 0.833. The molecule has 3 atom stereocenters. The Morgan fingerprint density at radius 3 is 3.00 bits per heavy atom. The number of aromatic nitrogens is 2. The van der Waals surface area contributed by atoms with Crippen LogP contribution in [-0.4, -0.2) is 28.6 Å². The molecule has 6 heteroatoms. The van der Waals surface area contributed by atoms with Crippen LogP contribution in [0, 0.1) is 5.92 Å². The summed E-state index contributed by atoms with van der Waals surface area (Å²) in [6.45, 7) is 7.30. The van der Waals surface area contributed by atoms with Crippen molar-refractivity contribution in [3.05, 3.63) is 11.7 Å². The van der Waals surface area contributed by atoms with Gasteiger partial charge in [0.2, 0.25) is 5.89 Å². The van der Waals surface area contributed by atoms with Crippen molar-refractivity contribution in [2.45, 2.75) is 58.5 Å². The van der Waals surface area contributed by atoms with E-state index in [2.05, 4.69) is 34.6 Å². The molecule has 0 spiro atoms. The van der Waals surface area contributed by atoms with Crippen LogP contribution in [0.4, 0.5) is 0 Å². The molecule has 2 heterocycles. The highest BCUT2D eigenvalue weighted by atomic mass is 16.5. The lowest BCUT2D eigenvalue weighted by atomic mass is 10.0. The SMILES string of the molecule is CCC(C)CC(C)NC(=O)c1noc(C2CCCN2)n1. The average Bonchev–Trinajstić information content (AvgIpc) is 3.08. The van der Waals surface area contributed by atoms with E-state index in [1.807, 2.05) is 6.92 Å². The molecule has 3 unspecified atom stereocenters. The van der Waals surface area contributed by atoms with Crippen LogP contribution >= 0.6 is 0 Å². The van der Waals surface area contributed by atoms with Gasteiger partial charge in [-0.3, -0.25) is 4.79 Å². The van der Waals surface area contributed by atoms with Gasteiger partial charge in [-0.1, -0.05) is 25.4 Å². The summed E-state index contributed by atoms with van der Waals surface area (Å²) in [6, 6.07) is 0.214. The van der Waals surface area contributed by atoms with Crippen LogP contribution in [0.2, 0.25) is 0 Å². The standard InChI is InChI=1S/C14H24N4O2/c1-4-9(2)8-10(3)16-13(19)12-17-14(20-18-12)11-6-5-7-15-11/h9-11,15H,4-8H2,1-3H3,(H,16,19). The zero-order valence-electron chi connectivity index (χ0n) is 12.5. The van der Waals surface area contributed by atoms with Gasteiger partial charge in [-0.2, -0.15) is 4.98 Å². The van der Waals surface area contributed by atoms with Gasteiger partial charge in [0.05, 0.1) is 6.04 Å². The fourth-order valence-corrected chi connectivity index (χ4v) is 2.48. The van der Waals surface area contributed by atoms with E-state index < -0.39 is 0 Å². The topological polar surface area (TPSA) is 80.0 Å². The fraction of sp³-hybridized carbons (Fsp3) is 0.786. The molecule has 1 amide bonds. The molecule has 1 aliphatic rings. The minimum absolute atomic E-state index is 0.0987. The number of nitrogens with zero attached hydrogens (tertiary/aromatic N) is 2. The monoisotopic (exact) mass is 280 g/mol. The number of carbonyl (C=O) groups excluding carboxylic acids is 1. The van der Waals surface area contributed by atoms with Crippen molar-refractivity contribution in [1.82, 2.24) is 20.8 Å². The first-order valence-corrected chi connectivity index (χ1v) is 7.48. The van der Waals surface area contributed by atoms with Crippen LogP contribution in [0.3, 0.4) is 0 Å². The van der Waals surface area contributed by atoms with Gasteiger partial charge in [-0.05, 0) is 38.6 Å². The lowest BCUT2D eigenvalue weighted by molar-refractivity contribution is 0.0922. The van der Waals surface area contributed by atoms with E-state index in [4.69, 9.17) is 4.52 Å². The number of hydrogen-bond acceptors (Lipinski definition) is 5. The maximum Gasteiger partial charge on any atom is 0.292 e. The Labute approximate surface area is 119 Å². The Bertz CT molecular complexity index is 440. The number of amides is 1. The van der Waals surface area contributed by atoms with Crippen molar-refractivity contribution in [2.75, 3.05) is 6.54 Å². The van der Waals surface area contributed by atoms with E-state index >= 15 is 0 Å². The van der Waals surface area contributed by atoms with Crippen LogP contribution < -0.4 is 10.6 Å². The van der Waals surface area contributed by atoms with Gasteiger partial charge < -0.3 is 15.2 Å². The predicted octanol–water partition coefficient (Wildman–Crippen LogP) is 2.05. The second-order valence-corrected chi connectivity index (χ2v) is 5.73. The van der Waals surface area contributed by atoms with Crippen LogP contribution in [0.5, 0.6) is 0 Å². The summed E-state index contributed by atoms with van der Waals surface area (Å²) < 4.78 is 5.17. The molecule has 1 aliphatic heterocycles. The van der Waals surface area contributed by atoms with E-state index in [-0.39, 0.29) is 23.8 Å². The smallest absolute Gasteiger partial charge is 0.292 e. The van der Waals surface area contributed by atoms with Crippen LogP contribution in [-0.2, 0) is 0 Å². The molecule has 1 aromatic heterocycles. The fourth-order valence-electron chi connectivity index (χ4n) is 2.48. The number of carbonyl (C=O) groups is 1. The third kappa shape index (κ3) is 3.79. The van der Waals surface area contributed by atoms with Crippen molar-refractivity contribution >= 4 is 5.91 Å². The molecule has 1 fully saturated rings. The Kier molecular flexibility index (Phi) is 5.11. The zero-order chi connectivity index (χ0) is 14.5. The second kappa shape index (κ2) is 6.83. The summed E-state index contributed by atoms with van der Waals surface area (Å²) in [7, 11) is 0. The molecule has 1 saturated heterocycles. The average molecular weight is 280 g/mol. The van der Waals surface area contributed by atoms with E-state index in [0.29, 0.717) is 11.8 Å². The third-order valence-electron chi connectivity index (χ3n) is 3.83. The maximum absolute atomic E-state index is 12.0. The summed E-state index contributed by atoms with van der Waals surface area (Å²) in [5, 5.41) is 9.97. The van der Waals surface area contributed by atoms with E-state index in [1.54, 1.807) is 0 Å². The highest BCUT2D eigenvalue weighted by Gasteiger charge is 2.24. The van der Waals surface area contributed by atoms with E-state index in [9.17, 15) is 4.79 Å². The summed E-state index contributed by atoms with van der Waals surface area (Å²) in [4.78, 5) is 16.2. The summed E-state index contributed by atoms with van der Waals surface area (Å²) >= 11 is 0. The van der Waals surface area contributed by atoms with Crippen molar-refractivity contribution in [3.63, 3.8) is 0 Å². The Hall–Kier alpha value is -1.43. The summed E-state index contributed by atoms with van der Waals surface area (Å²) in [6.07, 6.45) is 4.14. The van der Waals surface area contributed by atoms with Gasteiger partial charge >= 0.3 is 0 Å². The molecule has 0 aromatic carbocycles. The largest absolute Gasteiger partial charge is 0.347 e. The van der Waals surface area contributed by atoms with Crippen LogP contribution in [0.15, 0.2) is 4.52 Å². The molecule has 112 valence electrons. The van der Waals surface area contributed by atoms with Crippen molar-refractivity contribution in [1.29, 1.82) is 0 Å². The summed E-state index contributed by atoms with van der Waals surface area (Å²) in [5.41, 5.74) is 0. The van der Waals surface area contributed by atoms with Gasteiger partial charge in [0.15, 0.2) is 0 Å². The van der Waals surface area contributed by atoms with Crippen molar-refractivity contribution in [3.8, 4) is 0 Å². The first-order valence-electron chi connectivity index (χ1n) is 7.48. The molecular weight excluding hydrogens is 256 g/mol. The minimum atomic E-state index is -0.256.